The van der Waals surface area contributed by atoms with Gasteiger partial charge in [-0.1, -0.05) is 99.1 Å². The summed E-state index contributed by atoms with van der Waals surface area (Å²) in [5.41, 5.74) is 5.92. The van der Waals surface area contributed by atoms with Crippen molar-refractivity contribution >= 4 is 71.0 Å². The van der Waals surface area contributed by atoms with Gasteiger partial charge in [-0.3, -0.25) is 57.6 Å². The number of hydrogen-bond acceptors (Lipinski definition) is 19. The summed E-state index contributed by atoms with van der Waals surface area (Å²) in [6, 6.07) is 1.87. The normalized spacial score (nSPS) is 17.0. The topological polar surface area (TPSA) is 404 Å². The summed E-state index contributed by atoms with van der Waals surface area (Å²) in [5.74, 6) is -7.88. The molecular formula is C70H116N12O19. The van der Waals surface area contributed by atoms with Gasteiger partial charge in [-0.05, 0) is 61.8 Å². The number of aliphatic hydroxyl groups excluding tert-OH is 1. The number of likely N-dealkylation sites (N-methyl/N-ethyl adjacent to an activating group) is 2. The standard InChI is InChI=1S/C70H116N12O19/c1-15-46(8)62(52(96-13)41-57(87)81-31-20-24-51(81)64(97-14)47(9)65(90)75-48(10)63(89)49-21-17-16-18-22-49)80(12)69(94)60(44(4)5)78-68(93)61(45(6)7)79(11)58(88)42-74-66(91)50(23-19-29-73-70(71)95)76-67(92)59(43(2)3)77-54(84)28-33-98-35-37-100-39-40-101-38-36-99-34-30-72-53(83)27-32-82-55(85)25-26-56(82)86/h16-18,21-22,25-26,43-48,50-52,59-64,89H,15,19-20,23-24,27-42H2,1-14H3,(H,72,83)(H,74,91)(H,75,90)(H,76,92)(H,77,84)(H,78,93)(H3,71,73,95)/t46-,47+,48+,50-,51-,52+,59-,60-,61-,62-,63+,64+/m0/s1. The van der Waals surface area contributed by atoms with Gasteiger partial charge in [-0.15, -0.1) is 0 Å². The maximum Gasteiger partial charge on any atom is 0.312 e. The molecule has 31 nitrogen and oxygen atoms in total. The maximum atomic E-state index is 14.9. The summed E-state index contributed by atoms with van der Waals surface area (Å²) < 4.78 is 34.0. The number of carbonyl (C=O) groups excluding carboxylic acids is 12. The zero-order valence-electron chi connectivity index (χ0n) is 61.7. The average molecular weight is 1430 g/mol. The van der Waals surface area contributed by atoms with Crippen molar-refractivity contribution in [3.05, 3.63) is 48.0 Å². The highest BCUT2D eigenvalue weighted by Crippen LogP contribution is 2.30. The Morgan fingerprint density at radius 1 is 0.644 bits per heavy atom. The van der Waals surface area contributed by atoms with Crippen LogP contribution < -0.4 is 43.0 Å². The largest absolute Gasteiger partial charge is 0.386 e. The van der Waals surface area contributed by atoms with Crippen LogP contribution in [0.2, 0.25) is 0 Å². The van der Waals surface area contributed by atoms with E-state index < -0.39 is 144 Å². The van der Waals surface area contributed by atoms with Crippen LogP contribution >= 0.6 is 0 Å². The van der Waals surface area contributed by atoms with E-state index in [2.05, 4.69) is 37.2 Å². The third-order valence-electron chi connectivity index (χ3n) is 18.1. The first kappa shape index (κ1) is 87.5. The first-order valence-corrected chi connectivity index (χ1v) is 35.1. The monoisotopic (exact) mass is 1430 g/mol. The zero-order valence-corrected chi connectivity index (χ0v) is 61.7. The van der Waals surface area contributed by atoms with E-state index in [-0.39, 0.29) is 128 Å². The molecule has 1 saturated heterocycles. The molecule has 3 rings (SSSR count). The van der Waals surface area contributed by atoms with Crippen LogP contribution in [0.4, 0.5) is 4.79 Å². The fraction of sp³-hybridized carbons (Fsp3) is 0.714. The summed E-state index contributed by atoms with van der Waals surface area (Å²) in [5, 5.41) is 29.9. The Labute approximate surface area is 595 Å². The Morgan fingerprint density at radius 2 is 1.24 bits per heavy atom. The summed E-state index contributed by atoms with van der Waals surface area (Å²) in [6.45, 7) is 19.6. The number of methoxy groups -OCH3 is 2. The third kappa shape index (κ3) is 29.3. The molecule has 2 aliphatic heterocycles. The Kier molecular flexibility index (Phi) is 39.9. The Balaban J connectivity index is 1.56. The van der Waals surface area contributed by atoms with E-state index in [1.54, 1.807) is 79.5 Å². The number of benzene rings is 1. The molecule has 1 fully saturated rings. The van der Waals surface area contributed by atoms with Crippen molar-refractivity contribution in [2.75, 3.05) is 114 Å². The third-order valence-corrected chi connectivity index (χ3v) is 18.1. The molecule has 101 heavy (non-hydrogen) atoms. The van der Waals surface area contributed by atoms with Gasteiger partial charge in [-0.25, -0.2) is 4.79 Å². The number of hydrogen-bond donors (Lipinski definition) is 9. The van der Waals surface area contributed by atoms with Crippen LogP contribution in [0.1, 0.15) is 132 Å². The number of urea groups is 1. The molecule has 1 aromatic carbocycles. The molecule has 12 atom stereocenters. The van der Waals surface area contributed by atoms with E-state index in [9.17, 15) is 62.6 Å². The number of rotatable bonds is 49. The van der Waals surface area contributed by atoms with E-state index >= 15 is 0 Å². The lowest BCUT2D eigenvalue weighted by Gasteiger charge is -2.41. The summed E-state index contributed by atoms with van der Waals surface area (Å²) >= 11 is 0. The molecule has 0 bridgehead atoms. The first-order chi connectivity index (χ1) is 47.9. The minimum atomic E-state index is -1.26. The second-order valence-electron chi connectivity index (χ2n) is 26.6. The quantitative estimate of drug-likeness (QED) is 0.0322. The minimum Gasteiger partial charge on any atom is -0.386 e. The van der Waals surface area contributed by atoms with Gasteiger partial charge >= 0.3 is 6.03 Å². The second-order valence-corrected chi connectivity index (χ2v) is 26.6. The van der Waals surface area contributed by atoms with Crippen LogP contribution in [-0.2, 0) is 81.2 Å². The first-order valence-electron chi connectivity index (χ1n) is 35.1. The zero-order chi connectivity index (χ0) is 75.5. The van der Waals surface area contributed by atoms with Crippen molar-refractivity contribution in [2.24, 2.45) is 35.3 Å². The van der Waals surface area contributed by atoms with Gasteiger partial charge < -0.3 is 91.2 Å². The predicted octanol–water partition coefficient (Wildman–Crippen LogP) is 0.847. The van der Waals surface area contributed by atoms with Gasteiger partial charge in [0.25, 0.3) is 11.8 Å². The molecule has 10 N–H and O–H groups in total. The summed E-state index contributed by atoms with van der Waals surface area (Å²) in [6.07, 6.45) is 1.62. The molecule has 0 radical (unpaired) electrons. The predicted molar refractivity (Wildman–Crippen MR) is 373 cm³/mol. The van der Waals surface area contributed by atoms with Crippen molar-refractivity contribution < 1.29 is 91.1 Å². The number of carbonyl (C=O) groups is 12. The molecule has 0 aromatic heterocycles. The number of aliphatic hydroxyl groups is 1. The molecule has 0 saturated carbocycles. The Bertz CT molecular complexity index is 2830. The molecule has 31 heteroatoms. The van der Waals surface area contributed by atoms with Crippen LogP contribution in [0.25, 0.3) is 0 Å². The van der Waals surface area contributed by atoms with Crippen LogP contribution in [0, 0.1) is 29.6 Å². The molecule has 1 aromatic rings. The van der Waals surface area contributed by atoms with Crippen LogP contribution in [0.15, 0.2) is 42.5 Å². The van der Waals surface area contributed by atoms with E-state index in [4.69, 9.17) is 34.2 Å². The molecule has 0 unspecified atom stereocenters. The number of nitrogens with one attached hydrogen (secondary N) is 7. The van der Waals surface area contributed by atoms with E-state index in [0.29, 0.717) is 31.4 Å². The number of nitrogens with two attached hydrogens (primary N) is 1. The molecule has 2 heterocycles. The van der Waals surface area contributed by atoms with E-state index in [0.717, 1.165) is 17.1 Å². The molecular weight excluding hydrogens is 1310 g/mol. The van der Waals surface area contributed by atoms with E-state index in [1.807, 2.05) is 32.0 Å². The molecule has 570 valence electrons. The smallest absolute Gasteiger partial charge is 0.312 e. The summed E-state index contributed by atoms with van der Waals surface area (Å²) in [7, 11) is 6.00. The van der Waals surface area contributed by atoms with Gasteiger partial charge in [0, 0.05) is 79.5 Å². The molecule has 13 amide bonds. The summed E-state index contributed by atoms with van der Waals surface area (Å²) in [4.78, 5) is 165. The number of ether oxygens (including phenoxy) is 6. The highest BCUT2D eigenvalue weighted by atomic mass is 16.6. The fourth-order valence-electron chi connectivity index (χ4n) is 12.1. The van der Waals surface area contributed by atoms with Crippen LogP contribution in [0.5, 0.6) is 0 Å². The lowest BCUT2D eigenvalue weighted by atomic mass is 9.89. The number of amides is 13. The van der Waals surface area contributed by atoms with Gasteiger partial charge in [0.15, 0.2) is 0 Å². The van der Waals surface area contributed by atoms with Gasteiger partial charge in [0.1, 0.15) is 24.2 Å². The van der Waals surface area contributed by atoms with Crippen molar-refractivity contribution in [3.63, 3.8) is 0 Å². The Hall–Kier alpha value is -7.68. The van der Waals surface area contributed by atoms with Gasteiger partial charge in [-0.2, -0.15) is 0 Å². The van der Waals surface area contributed by atoms with E-state index in [1.165, 1.54) is 31.1 Å². The molecule has 0 spiro atoms. The molecule has 2 aliphatic rings. The average Bonchev–Trinajstić information content (AvgIpc) is 1.69. The fourth-order valence-corrected chi connectivity index (χ4v) is 12.1. The number of likely N-dealkylation sites (tertiary alicyclic amines) is 1. The maximum absolute atomic E-state index is 14.9. The Morgan fingerprint density at radius 3 is 1.79 bits per heavy atom. The highest BCUT2D eigenvalue weighted by Gasteiger charge is 2.44. The lowest BCUT2D eigenvalue weighted by Crippen LogP contribution is -2.61. The number of nitrogens with zero attached hydrogens (tertiary/aromatic N) is 4. The van der Waals surface area contributed by atoms with Gasteiger partial charge in [0.05, 0.1) is 108 Å². The number of imide groups is 1. The van der Waals surface area contributed by atoms with Crippen LogP contribution in [0.3, 0.4) is 0 Å². The second kappa shape index (κ2) is 46.0. The van der Waals surface area contributed by atoms with Crippen molar-refractivity contribution in [1.29, 1.82) is 0 Å². The lowest BCUT2D eigenvalue weighted by molar-refractivity contribution is -0.148. The van der Waals surface area contributed by atoms with Crippen LogP contribution in [-0.4, -0.2) is 264 Å². The highest BCUT2D eigenvalue weighted by molar-refractivity contribution is 6.13. The van der Waals surface area contributed by atoms with Crippen molar-refractivity contribution in [2.45, 2.75) is 181 Å². The van der Waals surface area contributed by atoms with Gasteiger partial charge in [0.2, 0.25) is 53.2 Å². The minimum absolute atomic E-state index is 0.00232. The molecule has 0 aliphatic carbocycles. The van der Waals surface area contributed by atoms with Crippen molar-refractivity contribution in [1.82, 2.24) is 56.8 Å². The number of primary amides is 1. The van der Waals surface area contributed by atoms with Crippen molar-refractivity contribution in [3.8, 4) is 0 Å². The SMILES string of the molecule is CC[C@H](C)[C@@H]([C@@H](CC(=O)N1CCC[C@H]1[C@H](OC)[C@@H](C)C(=O)N[C@H](C)[C@@H](O)c1ccccc1)OC)N(C)C(=O)[C@@H](NC(=O)[C@H](C(C)C)N(C)C(=O)CNC(=O)[C@H](CCCNC(N)=O)NC(=O)[C@@H](NC(=O)CCOCCOCCOCCOCCNC(=O)CCN1C(=O)C=CC1=O)C(C)C)C(C)C.